The van der Waals surface area contributed by atoms with Gasteiger partial charge in [0.05, 0.1) is 0 Å². The minimum absolute atomic E-state index is 0.728. The van der Waals surface area contributed by atoms with Crippen LogP contribution in [0.25, 0.3) is 0 Å². The van der Waals surface area contributed by atoms with Gasteiger partial charge in [-0.3, -0.25) is 4.90 Å². The second kappa shape index (κ2) is 6.32. The third kappa shape index (κ3) is 3.34. The molecule has 0 unspecified atom stereocenters. The molecule has 6 nitrogen and oxygen atoms in total. The SMILES string of the molecule is Brc1ccc2c(c1)OCCN(CCCc1nn[nH]n1)C2. The number of H-pyrrole nitrogens is 1. The van der Waals surface area contributed by atoms with Gasteiger partial charge in [0.15, 0.2) is 5.82 Å². The predicted octanol–water partition coefficient (Wildman–Crippen LogP) is 1.79. The monoisotopic (exact) mass is 337 g/mol. The highest BCUT2D eigenvalue weighted by Gasteiger charge is 2.15. The first-order valence-corrected chi connectivity index (χ1v) is 7.46. The van der Waals surface area contributed by atoms with Crippen LogP contribution in [-0.2, 0) is 13.0 Å². The Bertz CT molecular complexity index is 560. The third-order valence-electron chi connectivity index (χ3n) is 3.35. The summed E-state index contributed by atoms with van der Waals surface area (Å²) in [6.07, 6.45) is 1.87. The highest BCUT2D eigenvalue weighted by Crippen LogP contribution is 2.26. The van der Waals surface area contributed by atoms with Gasteiger partial charge in [-0.25, -0.2) is 0 Å². The Hall–Kier alpha value is -1.47. The van der Waals surface area contributed by atoms with Crippen LogP contribution in [0.4, 0.5) is 0 Å². The van der Waals surface area contributed by atoms with Crippen LogP contribution in [-0.4, -0.2) is 45.2 Å². The van der Waals surface area contributed by atoms with Crippen LogP contribution < -0.4 is 4.74 Å². The maximum absolute atomic E-state index is 5.80. The number of hydrogen-bond acceptors (Lipinski definition) is 5. The number of aromatic nitrogens is 4. The summed E-state index contributed by atoms with van der Waals surface area (Å²) in [5.74, 6) is 1.76. The van der Waals surface area contributed by atoms with Crippen LogP contribution in [0.1, 0.15) is 17.8 Å². The molecule has 0 amide bonds. The van der Waals surface area contributed by atoms with Gasteiger partial charge in [0.2, 0.25) is 0 Å². The Balaban J connectivity index is 1.57. The van der Waals surface area contributed by atoms with Gasteiger partial charge < -0.3 is 4.74 Å². The van der Waals surface area contributed by atoms with E-state index in [9.17, 15) is 0 Å². The molecule has 0 bridgehead atoms. The number of ether oxygens (including phenoxy) is 1. The fourth-order valence-corrected chi connectivity index (χ4v) is 2.68. The van der Waals surface area contributed by atoms with Gasteiger partial charge in [0, 0.05) is 29.5 Å². The Morgan fingerprint density at radius 3 is 3.20 bits per heavy atom. The number of aryl methyl sites for hydroxylation is 1. The highest BCUT2D eigenvalue weighted by molar-refractivity contribution is 9.10. The molecular formula is C13H16BrN5O. The number of tetrazole rings is 1. The quantitative estimate of drug-likeness (QED) is 0.921. The Morgan fingerprint density at radius 1 is 1.40 bits per heavy atom. The molecule has 0 atom stereocenters. The molecule has 0 saturated heterocycles. The molecule has 2 aromatic rings. The summed E-state index contributed by atoms with van der Waals surface area (Å²) in [5, 5.41) is 14.0. The van der Waals surface area contributed by atoms with Crippen molar-refractivity contribution in [3.8, 4) is 5.75 Å². The van der Waals surface area contributed by atoms with Crippen LogP contribution in [0.15, 0.2) is 22.7 Å². The van der Waals surface area contributed by atoms with Gasteiger partial charge in [-0.15, -0.1) is 10.2 Å². The van der Waals surface area contributed by atoms with E-state index >= 15 is 0 Å². The van der Waals surface area contributed by atoms with E-state index in [0.29, 0.717) is 0 Å². The van der Waals surface area contributed by atoms with E-state index in [1.54, 1.807) is 0 Å². The first-order chi connectivity index (χ1) is 9.81. The Labute approximate surface area is 125 Å². The number of nitrogens with zero attached hydrogens (tertiary/aromatic N) is 4. The summed E-state index contributed by atoms with van der Waals surface area (Å²) in [6.45, 7) is 3.60. The van der Waals surface area contributed by atoms with E-state index in [2.05, 4.69) is 53.6 Å². The predicted molar refractivity (Wildman–Crippen MR) is 77.4 cm³/mol. The molecule has 1 aliphatic rings. The number of rotatable bonds is 4. The first-order valence-electron chi connectivity index (χ1n) is 6.67. The number of aromatic amines is 1. The van der Waals surface area contributed by atoms with Crippen LogP contribution >= 0.6 is 15.9 Å². The van der Waals surface area contributed by atoms with Crippen LogP contribution in [0.3, 0.4) is 0 Å². The van der Waals surface area contributed by atoms with Crippen LogP contribution in [0, 0.1) is 0 Å². The van der Waals surface area contributed by atoms with Crippen molar-refractivity contribution in [1.29, 1.82) is 0 Å². The average Bonchev–Trinajstić information content (AvgIpc) is 2.86. The van der Waals surface area contributed by atoms with Gasteiger partial charge in [-0.05, 0) is 25.1 Å². The third-order valence-corrected chi connectivity index (χ3v) is 3.85. The van der Waals surface area contributed by atoms with Crippen molar-refractivity contribution in [1.82, 2.24) is 25.5 Å². The normalized spacial score (nSPS) is 15.4. The fraction of sp³-hybridized carbons (Fsp3) is 0.462. The van der Waals surface area contributed by atoms with E-state index < -0.39 is 0 Å². The molecule has 0 fully saturated rings. The van der Waals surface area contributed by atoms with Crippen molar-refractivity contribution in [2.24, 2.45) is 0 Å². The van der Waals surface area contributed by atoms with Crippen LogP contribution in [0.5, 0.6) is 5.75 Å². The largest absolute Gasteiger partial charge is 0.492 e. The van der Waals surface area contributed by atoms with E-state index in [-0.39, 0.29) is 0 Å². The molecule has 1 aliphatic heterocycles. The van der Waals surface area contributed by atoms with Crippen molar-refractivity contribution in [2.75, 3.05) is 19.7 Å². The zero-order valence-corrected chi connectivity index (χ0v) is 12.6. The van der Waals surface area contributed by atoms with Gasteiger partial charge in [0.1, 0.15) is 12.4 Å². The number of fused-ring (bicyclic) bond motifs is 1. The molecule has 106 valence electrons. The zero-order chi connectivity index (χ0) is 13.8. The molecular weight excluding hydrogens is 322 g/mol. The van der Waals surface area contributed by atoms with Crippen molar-refractivity contribution < 1.29 is 4.74 Å². The number of nitrogens with one attached hydrogen (secondary N) is 1. The van der Waals surface area contributed by atoms with E-state index in [0.717, 1.165) is 55.1 Å². The summed E-state index contributed by atoms with van der Waals surface area (Å²) < 4.78 is 6.86. The van der Waals surface area contributed by atoms with Gasteiger partial charge in [-0.2, -0.15) is 5.21 Å². The first kappa shape index (κ1) is 13.5. The minimum Gasteiger partial charge on any atom is -0.492 e. The summed E-state index contributed by atoms with van der Waals surface area (Å²) >= 11 is 3.48. The topological polar surface area (TPSA) is 66.9 Å². The average molecular weight is 338 g/mol. The lowest BCUT2D eigenvalue weighted by Crippen LogP contribution is -2.27. The zero-order valence-electron chi connectivity index (χ0n) is 11.0. The molecule has 1 aromatic heterocycles. The van der Waals surface area contributed by atoms with Gasteiger partial charge in [-0.1, -0.05) is 27.2 Å². The van der Waals surface area contributed by atoms with Crippen molar-refractivity contribution in [3.63, 3.8) is 0 Å². The standard InChI is InChI=1S/C13H16BrN5O/c14-11-4-3-10-9-19(6-7-20-12(10)8-11)5-1-2-13-15-17-18-16-13/h3-4,8H,1-2,5-7,9H2,(H,15,16,17,18). The molecule has 7 heteroatoms. The molecule has 0 aliphatic carbocycles. The summed E-state index contributed by atoms with van der Waals surface area (Å²) in [6, 6.07) is 6.22. The lowest BCUT2D eigenvalue weighted by Gasteiger charge is -2.18. The van der Waals surface area contributed by atoms with Gasteiger partial charge in [0.25, 0.3) is 0 Å². The molecule has 1 aromatic carbocycles. The van der Waals surface area contributed by atoms with Crippen molar-refractivity contribution >= 4 is 15.9 Å². The number of benzene rings is 1. The van der Waals surface area contributed by atoms with Crippen molar-refractivity contribution in [3.05, 3.63) is 34.1 Å². The number of halogens is 1. The summed E-state index contributed by atoms with van der Waals surface area (Å²) in [4.78, 5) is 2.40. The maximum Gasteiger partial charge on any atom is 0.174 e. The minimum atomic E-state index is 0.728. The second-order valence-corrected chi connectivity index (χ2v) is 5.72. The molecule has 0 saturated carbocycles. The molecule has 0 radical (unpaired) electrons. The second-order valence-electron chi connectivity index (χ2n) is 4.81. The van der Waals surface area contributed by atoms with Crippen LogP contribution in [0.2, 0.25) is 0 Å². The Morgan fingerprint density at radius 2 is 2.35 bits per heavy atom. The van der Waals surface area contributed by atoms with E-state index in [1.165, 1.54) is 5.56 Å². The Kier molecular flexibility index (Phi) is 4.27. The lowest BCUT2D eigenvalue weighted by molar-refractivity contribution is 0.224. The van der Waals surface area contributed by atoms with Crippen molar-refractivity contribution in [2.45, 2.75) is 19.4 Å². The highest BCUT2D eigenvalue weighted by atomic mass is 79.9. The summed E-state index contributed by atoms with van der Waals surface area (Å²) in [5.41, 5.74) is 1.24. The molecule has 0 spiro atoms. The van der Waals surface area contributed by atoms with Gasteiger partial charge >= 0.3 is 0 Å². The molecule has 20 heavy (non-hydrogen) atoms. The molecule has 1 N–H and O–H groups in total. The maximum atomic E-state index is 5.80. The lowest BCUT2D eigenvalue weighted by atomic mass is 10.2. The summed E-state index contributed by atoms with van der Waals surface area (Å²) in [7, 11) is 0. The number of hydrogen-bond donors (Lipinski definition) is 1. The molecule has 2 heterocycles. The van der Waals surface area contributed by atoms with E-state index in [4.69, 9.17) is 4.74 Å². The van der Waals surface area contributed by atoms with E-state index in [1.807, 2.05) is 6.07 Å². The fourth-order valence-electron chi connectivity index (χ4n) is 2.34. The smallest absolute Gasteiger partial charge is 0.174 e. The molecule has 3 rings (SSSR count).